The van der Waals surface area contributed by atoms with Gasteiger partial charge >= 0.3 is 0 Å². The van der Waals surface area contributed by atoms with Crippen LogP contribution in [0.1, 0.15) is 74.9 Å². The molecule has 22 aromatic carbocycles. The number of nitrogens with zero attached hydrogens (tertiary/aromatic N) is 4. The van der Waals surface area contributed by atoms with Crippen molar-refractivity contribution in [2.24, 2.45) is 0 Å². The summed E-state index contributed by atoms with van der Waals surface area (Å²) in [5.41, 5.74) is 31.0. The largest absolute Gasteiger partial charge is 0.309 e. The summed E-state index contributed by atoms with van der Waals surface area (Å²) in [5.74, 6) is 0. The molecule has 0 bridgehead atoms. The first-order valence-corrected chi connectivity index (χ1v) is 45.5. The minimum absolute atomic E-state index is 0.0738. The summed E-state index contributed by atoms with van der Waals surface area (Å²) in [4.78, 5) is 0. The SMILES string of the molecule is CC1(C)c2ccccc2-c2c3c1cccc3cc1c2c2c3ccccc3ccc2n1-c1ccc(-n2c3ccccc3c3ccccc32)cc1.CC1(C)c2ccccc2-c2c3c1cccc3cc1c2c2c3ccccc3ccc2n1-c1ccc2ccccc2c1.CC1(C)c2ccccc2-c2c3c1cccc3cc1c2c2c3ccccc3ccc2n1-c1cccc2ccccc12. The standard InChI is InChI=1S/C47H32N2.2C39H27N/c1-47(2)37-18-8-5-17-36(37)45-43-30(13-11-19-38(43)47)28-42-46(45)44-33-14-4-3-12-29(33)22-27-41(44)49(42)32-25-23-31(24-26-32)48-39-20-9-6-15-34(39)35-16-7-10-21-40(35)48;1-39(2)30-18-8-7-17-29(30)37-35-26(14-9-19-31(35)39)23-34-38(37)36-28-16-6-4-12-25(28)21-22-33(36)40(34)32-20-10-13-24-11-3-5-15-27(24)32;1-39(2)31-16-8-7-15-30(31)37-35-27(13-9-17-32(35)39)23-34-38(37)36-29-14-6-5-11-25(29)19-21-33(36)40(34)28-20-18-24-10-3-4-12-26(24)22-28/h3-28H,1-2H3;2*3-23H,1-2H3. The molecule has 0 fully saturated rings. The topological polar surface area (TPSA) is 19.7 Å². The summed E-state index contributed by atoms with van der Waals surface area (Å²) in [6, 6.07) is 153. The van der Waals surface area contributed by atoms with Crippen molar-refractivity contribution in [2.75, 3.05) is 0 Å². The van der Waals surface area contributed by atoms with Gasteiger partial charge in [0.2, 0.25) is 0 Å². The van der Waals surface area contributed by atoms with Crippen molar-refractivity contribution < 1.29 is 0 Å². The van der Waals surface area contributed by atoms with Crippen LogP contribution in [0.25, 0.3) is 230 Å². The third kappa shape index (κ3) is 10.3. The smallest absolute Gasteiger partial charge is 0.0554 e. The normalized spacial score (nSPS) is 13.8. The van der Waals surface area contributed by atoms with Crippen molar-refractivity contribution in [3.8, 4) is 56.1 Å². The second-order valence-corrected chi connectivity index (χ2v) is 37.6. The molecule has 4 heterocycles. The molecule has 4 aromatic heterocycles. The van der Waals surface area contributed by atoms with Crippen LogP contribution in [0.4, 0.5) is 0 Å². The molecule has 3 aliphatic carbocycles. The van der Waals surface area contributed by atoms with Gasteiger partial charge in [-0.15, -0.1) is 0 Å². The van der Waals surface area contributed by atoms with Crippen LogP contribution in [-0.2, 0) is 16.2 Å². The Morgan fingerprint density at radius 2 is 0.434 bits per heavy atom. The first-order valence-electron chi connectivity index (χ1n) is 45.5. The fourth-order valence-electron chi connectivity index (χ4n) is 24.2. The lowest BCUT2D eigenvalue weighted by Gasteiger charge is -2.35. The lowest BCUT2D eigenvalue weighted by Crippen LogP contribution is -2.23. The number of hydrogen-bond donors (Lipinski definition) is 0. The first-order chi connectivity index (χ1) is 63.3. The molecule has 3 aliphatic rings. The van der Waals surface area contributed by atoms with Gasteiger partial charge in [0.15, 0.2) is 0 Å². The highest BCUT2D eigenvalue weighted by molar-refractivity contribution is 6.34. The van der Waals surface area contributed by atoms with Gasteiger partial charge in [0.05, 0.1) is 49.8 Å². The predicted molar refractivity (Wildman–Crippen MR) is 549 cm³/mol. The fourth-order valence-corrected chi connectivity index (χ4v) is 24.2. The lowest BCUT2D eigenvalue weighted by atomic mass is 9.68. The third-order valence-corrected chi connectivity index (χ3v) is 29.9. The summed E-state index contributed by atoms with van der Waals surface area (Å²) in [6.07, 6.45) is 0. The van der Waals surface area contributed by atoms with Crippen LogP contribution in [-0.4, -0.2) is 18.3 Å². The van der Waals surface area contributed by atoms with E-state index in [-0.39, 0.29) is 16.2 Å². The van der Waals surface area contributed by atoms with Crippen LogP contribution < -0.4 is 0 Å². The average Bonchev–Trinajstić information content (AvgIpc) is 1.55. The Bertz CT molecular complexity index is 9350. The van der Waals surface area contributed by atoms with Crippen LogP contribution >= 0.6 is 0 Å². The monoisotopic (exact) mass is 1640 g/mol. The van der Waals surface area contributed by atoms with Gasteiger partial charge in [0, 0.05) is 98.5 Å². The number of hydrogen-bond acceptors (Lipinski definition) is 0. The molecular formula is C125H86N4. The molecule has 0 spiro atoms. The zero-order valence-corrected chi connectivity index (χ0v) is 72.5. The molecule has 0 N–H and O–H groups in total. The highest BCUT2D eigenvalue weighted by Crippen LogP contribution is 2.59. The van der Waals surface area contributed by atoms with E-state index in [0.717, 1.165) is 11.4 Å². The van der Waals surface area contributed by atoms with Crippen LogP contribution in [0.15, 0.2) is 413 Å². The van der Waals surface area contributed by atoms with E-state index in [1.54, 1.807) is 0 Å². The van der Waals surface area contributed by atoms with Gasteiger partial charge in [-0.25, -0.2) is 0 Å². The molecule has 129 heavy (non-hydrogen) atoms. The Hall–Kier alpha value is -15.9. The number of aromatic nitrogens is 4. The quantitative estimate of drug-likeness (QED) is 0.167. The number of rotatable bonds is 4. The zero-order valence-electron chi connectivity index (χ0n) is 72.5. The maximum Gasteiger partial charge on any atom is 0.0554 e. The number of para-hydroxylation sites is 2. The van der Waals surface area contributed by atoms with E-state index in [9.17, 15) is 0 Å². The van der Waals surface area contributed by atoms with Crippen molar-refractivity contribution >= 4 is 173 Å². The Morgan fingerprint density at radius 1 is 0.155 bits per heavy atom. The van der Waals surface area contributed by atoms with Crippen molar-refractivity contribution in [2.45, 2.75) is 57.8 Å². The van der Waals surface area contributed by atoms with Crippen LogP contribution in [0.2, 0.25) is 0 Å². The van der Waals surface area contributed by atoms with Gasteiger partial charge in [-0.1, -0.05) is 363 Å². The predicted octanol–water partition coefficient (Wildman–Crippen LogP) is 33.6. The minimum Gasteiger partial charge on any atom is -0.309 e. The lowest BCUT2D eigenvalue weighted by molar-refractivity contribution is 0.645. The fraction of sp³-hybridized carbons (Fsp3) is 0.0720. The van der Waals surface area contributed by atoms with Crippen molar-refractivity contribution in [1.82, 2.24) is 18.3 Å². The third-order valence-electron chi connectivity index (χ3n) is 29.9. The van der Waals surface area contributed by atoms with Gasteiger partial charge in [0.1, 0.15) is 0 Å². The van der Waals surface area contributed by atoms with E-state index in [1.165, 1.54) is 252 Å². The zero-order chi connectivity index (χ0) is 85.6. The summed E-state index contributed by atoms with van der Waals surface area (Å²) >= 11 is 0. The highest BCUT2D eigenvalue weighted by atomic mass is 15.0. The Labute approximate surface area is 746 Å². The van der Waals surface area contributed by atoms with E-state index in [1.807, 2.05) is 0 Å². The summed E-state index contributed by atoms with van der Waals surface area (Å²) in [6.45, 7) is 14.3. The summed E-state index contributed by atoms with van der Waals surface area (Å²) in [5, 5.41) is 31.4. The van der Waals surface area contributed by atoms with Crippen LogP contribution in [0.3, 0.4) is 0 Å². The first kappa shape index (κ1) is 73.5. The molecule has 606 valence electrons. The number of fused-ring (bicyclic) bond motifs is 29. The molecule has 26 aromatic rings. The van der Waals surface area contributed by atoms with E-state index in [2.05, 4.69) is 472 Å². The summed E-state index contributed by atoms with van der Waals surface area (Å²) in [7, 11) is 0. The maximum atomic E-state index is 2.52. The highest BCUT2D eigenvalue weighted by Gasteiger charge is 2.40. The molecule has 0 atom stereocenters. The van der Waals surface area contributed by atoms with Gasteiger partial charge in [-0.05, 0) is 222 Å². The Balaban J connectivity index is 0.000000101. The molecular weight excluding hydrogens is 1560 g/mol. The molecule has 4 nitrogen and oxygen atoms in total. The molecule has 0 unspecified atom stereocenters. The van der Waals surface area contributed by atoms with Gasteiger partial charge in [-0.2, -0.15) is 0 Å². The van der Waals surface area contributed by atoms with E-state index >= 15 is 0 Å². The second-order valence-electron chi connectivity index (χ2n) is 37.6. The van der Waals surface area contributed by atoms with Crippen LogP contribution in [0, 0.1) is 0 Å². The average molecular weight is 1640 g/mol. The van der Waals surface area contributed by atoms with Crippen molar-refractivity contribution in [3.05, 3.63) is 446 Å². The van der Waals surface area contributed by atoms with Crippen LogP contribution in [0.5, 0.6) is 0 Å². The minimum atomic E-state index is -0.0974. The molecule has 4 heteroatoms. The van der Waals surface area contributed by atoms with Gasteiger partial charge in [-0.3, -0.25) is 0 Å². The molecule has 0 amide bonds. The molecule has 0 radical (unpaired) electrons. The Kier molecular flexibility index (Phi) is 15.4. The molecule has 0 saturated carbocycles. The van der Waals surface area contributed by atoms with Gasteiger partial charge < -0.3 is 18.3 Å². The second kappa shape index (κ2) is 27.1. The number of benzene rings is 22. The van der Waals surface area contributed by atoms with Gasteiger partial charge in [0.25, 0.3) is 0 Å². The van der Waals surface area contributed by atoms with E-state index in [0.29, 0.717) is 0 Å². The molecule has 0 aliphatic heterocycles. The maximum absolute atomic E-state index is 2.52. The van der Waals surface area contributed by atoms with Crippen molar-refractivity contribution in [1.29, 1.82) is 0 Å². The van der Waals surface area contributed by atoms with Crippen molar-refractivity contribution in [3.63, 3.8) is 0 Å². The molecule has 0 saturated heterocycles. The molecule has 29 rings (SSSR count). The van der Waals surface area contributed by atoms with E-state index in [4.69, 9.17) is 0 Å². The summed E-state index contributed by atoms with van der Waals surface area (Å²) < 4.78 is 9.91. The van der Waals surface area contributed by atoms with E-state index < -0.39 is 0 Å². The Morgan fingerprint density at radius 3 is 0.860 bits per heavy atom.